The van der Waals surface area contributed by atoms with Gasteiger partial charge in [0.1, 0.15) is 23.1 Å². The van der Waals surface area contributed by atoms with Crippen LogP contribution in [0.4, 0.5) is 8.78 Å². The molecule has 19 heavy (non-hydrogen) atoms. The minimum atomic E-state index is -0.654. The summed E-state index contributed by atoms with van der Waals surface area (Å²) < 4.78 is 31.5. The molecule has 0 bridgehead atoms. The lowest BCUT2D eigenvalue weighted by Gasteiger charge is -2.10. The largest absolute Gasteiger partial charge is 0.457 e. The Bertz CT molecular complexity index is 564. The smallest absolute Gasteiger partial charge is 0.133 e. The highest BCUT2D eigenvalue weighted by Crippen LogP contribution is 2.25. The highest BCUT2D eigenvalue weighted by atomic mass is 19.1. The summed E-state index contributed by atoms with van der Waals surface area (Å²) in [6.07, 6.45) is 0. The molecule has 0 saturated heterocycles. The molecule has 0 heterocycles. The van der Waals surface area contributed by atoms with Crippen LogP contribution in [0.3, 0.4) is 0 Å². The first-order valence-electron chi connectivity index (χ1n) is 5.96. The lowest BCUT2D eigenvalue weighted by Crippen LogP contribution is -2.06. The van der Waals surface area contributed by atoms with E-state index in [2.05, 4.69) is 5.32 Å². The molecule has 100 valence electrons. The van der Waals surface area contributed by atoms with E-state index in [1.165, 1.54) is 0 Å². The number of ether oxygens (including phenoxy) is 1. The van der Waals surface area contributed by atoms with Crippen molar-refractivity contribution < 1.29 is 13.5 Å². The first-order chi connectivity index (χ1) is 9.08. The molecule has 0 aliphatic carbocycles. The summed E-state index contributed by atoms with van der Waals surface area (Å²) in [5.74, 6) is -0.599. The molecule has 1 N–H and O–H groups in total. The van der Waals surface area contributed by atoms with Crippen LogP contribution >= 0.6 is 0 Å². The van der Waals surface area contributed by atoms with Crippen molar-refractivity contribution in [2.24, 2.45) is 0 Å². The first-order valence-corrected chi connectivity index (χ1v) is 5.96. The summed E-state index contributed by atoms with van der Waals surface area (Å²) in [4.78, 5) is 0. The van der Waals surface area contributed by atoms with Crippen LogP contribution in [0.5, 0.6) is 11.5 Å². The average molecular weight is 263 g/mol. The summed E-state index contributed by atoms with van der Waals surface area (Å²) in [5, 5.41) is 3.07. The molecule has 2 aromatic rings. The Morgan fingerprint density at radius 3 is 2.26 bits per heavy atom. The van der Waals surface area contributed by atoms with Crippen molar-refractivity contribution in [3.63, 3.8) is 0 Å². The van der Waals surface area contributed by atoms with E-state index in [0.29, 0.717) is 5.75 Å². The van der Waals surface area contributed by atoms with E-state index in [4.69, 9.17) is 4.74 Å². The molecule has 0 fully saturated rings. The van der Waals surface area contributed by atoms with Gasteiger partial charge in [-0.3, -0.25) is 0 Å². The second-order valence-electron chi connectivity index (χ2n) is 4.33. The fourth-order valence-corrected chi connectivity index (χ4v) is 1.84. The minimum absolute atomic E-state index is 0.151. The molecule has 0 aliphatic heterocycles. The second-order valence-corrected chi connectivity index (χ2v) is 4.33. The van der Waals surface area contributed by atoms with E-state index >= 15 is 0 Å². The number of aryl methyl sites for hydroxylation is 1. The van der Waals surface area contributed by atoms with Crippen LogP contribution in [0.15, 0.2) is 36.4 Å². The van der Waals surface area contributed by atoms with Gasteiger partial charge in [-0.1, -0.05) is 6.07 Å². The van der Waals surface area contributed by atoms with E-state index in [9.17, 15) is 8.78 Å². The van der Waals surface area contributed by atoms with E-state index in [1.807, 2.05) is 26.1 Å². The summed E-state index contributed by atoms with van der Waals surface area (Å²) in [5.41, 5.74) is 2.21. The zero-order chi connectivity index (χ0) is 13.8. The maximum Gasteiger partial charge on any atom is 0.133 e. The lowest BCUT2D eigenvalue weighted by atomic mass is 10.1. The first kappa shape index (κ1) is 13.5. The van der Waals surface area contributed by atoms with Crippen LogP contribution in [-0.4, -0.2) is 7.05 Å². The van der Waals surface area contributed by atoms with Gasteiger partial charge in [0.25, 0.3) is 0 Å². The monoisotopic (exact) mass is 263 g/mol. The Labute approximate surface area is 111 Å². The van der Waals surface area contributed by atoms with Crippen molar-refractivity contribution in [1.29, 1.82) is 0 Å². The van der Waals surface area contributed by atoms with E-state index in [1.54, 1.807) is 6.07 Å². The van der Waals surface area contributed by atoms with Crippen molar-refractivity contribution in [2.45, 2.75) is 13.5 Å². The normalized spacial score (nSPS) is 10.5. The number of nitrogens with one attached hydrogen (secondary N) is 1. The van der Waals surface area contributed by atoms with Crippen LogP contribution in [0.1, 0.15) is 11.1 Å². The van der Waals surface area contributed by atoms with Gasteiger partial charge in [0, 0.05) is 24.7 Å². The molecule has 0 unspecified atom stereocenters. The van der Waals surface area contributed by atoms with Gasteiger partial charge < -0.3 is 10.1 Å². The van der Waals surface area contributed by atoms with Gasteiger partial charge in [0.15, 0.2) is 0 Å². The number of rotatable bonds is 4. The Morgan fingerprint density at radius 1 is 1.00 bits per heavy atom. The number of benzene rings is 2. The highest BCUT2D eigenvalue weighted by Gasteiger charge is 2.05. The van der Waals surface area contributed by atoms with Crippen LogP contribution in [0, 0.1) is 18.6 Å². The Hall–Kier alpha value is -1.94. The van der Waals surface area contributed by atoms with Crippen LogP contribution in [0.25, 0.3) is 0 Å². The molecular weight excluding hydrogens is 248 g/mol. The van der Waals surface area contributed by atoms with E-state index in [-0.39, 0.29) is 5.75 Å². The second kappa shape index (κ2) is 5.80. The van der Waals surface area contributed by atoms with Gasteiger partial charge in [0.2, 0.25) is 0 Å². The molecule has 2 rings (SSSR count). The molecule has 2 aromatic carbocycles. The predicted octanol–water partition coefficient (Wildman–Crippen LogP) is 3.78. The standard InChI is InChI=1S/C15H15F2NO/c1-10-5-14(4-3-11(10)9-18-2)19-15-7-12(16)6-13(17)8-15/h3-8,18H,9H2,1-2H3. The summed E-state index contributed by atoms with van der Waals surface area (Å²) in [6.45, 7) is 2.73. The minimum Gasteiger partial charge on any atom is -0.457 e. The van der Waals surface area contributed by atoms with Crippen molar-refractivity contribution in [2.75, 3.05) is 7.05 Å². The van der Waals surface area contributed by atoms with Crippen molar-refractivity contribution >= 4 is 0 Å². The van der Waals surface area contributed by atoms with Crippen molar-refractivity contribution in [3.05, 3.63) is 59.2 Å². The third-order valence-electron chi connectivity index (χ3n) is 2.75. The van der Waals surface area contributed by atoms with Gasteiger partial charge in [-0.2, -0.15) is 0 Å². The van der Waals surface area contributed by atoms with E-state index in [0.717, 1.165) is 35.9 Å². The molecule has 0 atom stereocenters. The van der Waals surface area contributed by atoms with Crippen LogP contribution < -0.4 is 10.1 Å². The maximum absolute atomic E-state index is 13.0. The van der Waals surface area contributed by atoms with Gasteiger partial charge >= 0.3 is 0 Å². The molecule has 0 spiro atoms. The molecule has 4 heteroatoms. The van der Waals surface area contributed by atoms with Crippen molar-refractivity contribution in [3.8, 4) is 11.5 Å². The predicted molar refractivity (Wildman–Crippen MR) is 70.4 cm³/mol. The van der Waals surface area contributed by atoms with Gasteiger partial charge in [-0.05, 0) is 37.2 Å². The molecule has 0 amide bonds. The SMILES string of the molecule is CNCc1ccc(Oc2cc(F)cc(F)c2)cc1C. The topological polar surface area (TPSA) is 21.3 Å². The Morgan fingerprint density at radius 2 is 1.68 bits per heavy atom. The average Bonchev–Trinajstić information content (AvgIpc) is 2.31. The molecule has 0 aromatic heterocycles. The Kier molecular flexibility index (Phi) is 4.12. The van der Waals surface area contributed by atoms with E-state index < -0.39 is 11.6 Å². The number of hydrogen-bond donors (Lipinski definition) is 1. The summed E-state index contributed by atoms with van der Waals surface area (Å²) in [7, 11) is 1.87. The van der Waals surface area contributed by atoms with Crippen LogP contribution in [-0.2, 0) is 6.54 Å². The van der Waals surface area contributed by atoms with Gasteiger partial charge in [-0.25, -0.2) is 8.78 Å². The maximum atomic E-state index is 13.0. The third kappa shape index (κ3) is 3.51. The third-order valence-corrected chi connectivity index (χ3v) is 2.75. The lowest BCUT2D eigenvalue weighted by molar-refractivity contribution is 0.467. The fourth-order valence-electron chi connectivity index (χ4n) is 1.84. The summed E-state index contributed by atoms with van der Waals surface area (Å²) >= 11 is 0. The Balaban J connectivity index is 2.21. The quantitative estimate of drug-likeness (QED) is 0.906. The fraction of sp³-hybridized carbons (Fsp3) is 0.200. The molecular formula is C15H15F2NO. The number of halogens is 2. The number of hydrogen-bond acceptors (Lipinski definition) is 2. The molecule has 0 radical (unpaired) electrons. The zero-order valence-electron chi connectivity index (χ0n) is 10.8. The van der Waals surface area contributed by atoms with Gasteiger partial charge in [-0.15, -0.1) is 0 Å². The van der Waals surface area contributed by atoms with Crippen molar-refractivity contribution in [1.82, 2.24) is 5.32 Å². The molecule has 0 aliphatic rings. The molecule has 2 nitrogen and oxygen atoms in total. The summed E-state index contributed by atoms with van der Waals surface area (Å²) in [6, 6.07) is 8.67. The molecule has 0 saturated carbocycles. The van der Waals surface area contributed by atoms with Gasteiger partial charge in [0.05, 0.1) is 0 Å². The van der Waals surface area contributed by atoms with Crippen LogP contribution in [0.2, 0.25) is 0 Å². The highest BCUT2D eigenvalue weighted by molar-refractivity contribution is 5.38. The zero-order valence-corrected chi connectivity index (χ0v) is 10.8.